The van der Waals surface area contributed by atoms with E-state index < -0.39 is 6.10 Å². The third-order valence-corrected chi connectivity index (χ3v) is 3.47. The lowest BCUT2D eigenvalue weighted by atomic mass is 10.1. The molecule has 2 aromatic rings. The third kappa shape index (κ3) is 4.11. The molecule has 0 saturated heterocycles. The van der Waals surface area contributed by atoms with Crippen molar-refractivity contribution in [1.82, 2.24) is 0 Å². The highest BCUT2D eigenvalue weighted by atomic mass is 35.5. The van der Waals surface area contributed by atoms with Crippen molar-refractivity contribution in [3.63, 3.8) is 0 Å². The van der Waals surface area contributed by atoms with Gasteiger partial charge in [0, 0.05) is 17.8 Å². The average Bonchev–Trinajstić information content (AvgIpc) is 2.40. The van der Waals surface area contributed by atoms with Crippen LogP contribution in [-0.4, -0.2) is 28.1 Å². The molecule has 0 heterocycles. The van der Waals surface area contributed by atoms with E-state index in [4.69, 9.17) is 23.2 Å². The quantitative estimate of drug-likeness (QED) is 0.752. The summed E-state index contributed by atoms with van der Waals surface area (Å²) in [5, 5.41) is 29.7. The van der Waals surface area contributed by atoms with Crippen LogP contribution in [0.25, 0.3) is 0 Å². The summed E-state index contributed by atoms with van der Waals surface area (Å²) >= 11 is 12.0. The molecule has 0 bridgehead atoms. The van der Waals surface area contributed by atoms with E-state index >= 15 is 0 Å². The van der Waals surface area contributed by atoms with Crippen LogP contribution in [-0.2, 0) is 0 Å². The molecule has 21 heavy (non-hydrogen) atoms. The summed E-state index contributed by atoms with van der Waals surface area (Å²) in [7, 11) is 0. The Morgan fingerprint density at radius 2 is 1.62 bits per heavy atom. The smallest absolute Gasteiger partial charge is 0.119 e. The minimum atomic E-state index is -0.958. The first-order valence-electron chi connectivity index (χ1n) is 6.12. The normalized spacial score (nSPS) is 12.7. The lowest BCUT2D eigenvalue weighted by Crippen LogP contribution is -2.02. The topological polar surface area (TPSA) is 73.0 Å². The number of hydrogen-bond donors (Lipinski definition) is 3. The summed E-state index contributed by atoms with van der Waals surface area (Å²) in [6, 6.07) is 9.02. The Kier molecular flexibility index (Phi) is 5.07. The number of aliphatic hydroxyl groups excluding tert-OH is 1. The van der Waals surface area contributed by atoms with Gasteiger partial charge in [0.25, 0.3) is 0 Å². The fourth-order valence-corrected chi connectivity index (χ4v) is 2.29. The number of aliphatic imine (C=N–C) groups is 1. The zero-order chi connectivity index (χ0) is 15.4. The molecule has 2 rings (SSSR count). The van der Waals surface area contributed by atoms with E-state index in [-0.39, 0.29) is 18.0 Å². The van der Waals surface area contributed by atoms with Crippen LogP contribution in [0.15, 0.2) is 41.4 Å². The van der Waals surface area contributed by atoms with E-state index in [9.17, 15) is 15.3 Å². The number of phenolic OH excluding ortho intramolecular Hbond substituents is 2. The van der Waals surface area contributed by atoms with Crippen LogP contribution >= 0.6 is 23.2 Å². The van der Waals surface area contributed by atoms with Gasteiger partial charge in [0.2, 0.25) is 0 Å². The Balaban J connectivity index is 2.10. The number of benzene rings is 2. The van der Waals surface area contributed by atoms with Gasteiger partial charge in [-0.2, -0.15) is 0 Å². The lowest BCUT2D eigenvalue weighted by Gasteiger charge is -2.09. The standard InChI is InChI=1S/C15H13Cl2NO3/c16-13-2-1-3-14(17)12(13)7-18-8-15(21)9-4-10(19)6-11(20)5-9/h1-7,15,19-21H,8H2. The van der Waals surface area contributed by atoms with Crippen molar-refractivity contribution >= 4 is 29.4 Å². The Hall–Kier alpha value is -1.75. The molecule has 2 aromatic carbocycles. The third-order valence-electron chi connectivity index (χ3n) is 2.81. The number of hydrogen-bond acceptors (Lipinski definition) is 4. The number of nitrogens with zero attached hydrogens (tertiary/aromatic N) is 1. The number of aromatic hydroxyl groups is 2. The molecule has 1 atom stereocenters. The maximum Gasteiger partial charge on any atom is 0.119 e. The second kappa shape index (κ2) is 6.80. The summed E-state index contributed by atoms with van der Waals surface area (Å²) < 4.78 is 0. The largest absolute Gasteiger partial charge is 0.508 e. The fraction of sp³-hybridized carbons (Fsp3) is 0.133. The van der Waals surface area contributed by atoms with Crippen molar-refractivity contribution < 1.29 is 15.3 Å². The van der Waals surface area contributed by atoms with Gasteiger partial charge < -0.3 is 15.3 Å². The van der Waals surface area contributed by atoms with Gasteiger partial charge in [0.1, 0.15) is 11.5 Å². The van der Waals surface area contributed by atoms with Gasteiger partial charge in [0.05, 0.1) is 22.7 Å². The molecule has 0 aromatic heterocycles. The van der Waals surface area contributed by atoms with E-state index in [1.54, 1.807) is 18.2 Å². The van der Waals surface area contributed by atoms with Crippen LogP contribution in [0.4, 0.5) is 0 Å². The monoisotopic (exact) mass is 325 g/mol. The average molecular weight is 326 g/mol. The summed E-state index contributed by atoms with van der Waals surface area (Å²) in [5.74, 6) is -0.246. The Morgan fingerprint density at radius 1 is 1.05 bits per heavy atom. The van der Waals surface area contributed by atoms with Gasteiger partial charge in [-0.3, -0.25) is 4.99 Å². The molecule has 0 amide bonds. The molecule has 0 aliphatic rings. The van der Waals surface area contributed by atoms with Crippen LogP contribution in [0.5, 0.6) is 11.5 Å². The molecular weight excluding hydrogens is 313 g/mol. The second-order valence-corrected chi connectivity index (χ2v) is 5.24. The minimum Gasteiger partial charge on any atom is -0.508 e. The highest BCUT2D eigenvalue weighted by molar-refractivity contribution is 6.38. The molecule has 3 N–H and O–H groups in total. The molecule has 0 radical (unpaired) electrons. The summed E-state index contributed by atoms with van der Waals surface area (Å²) in [6.07, 6.45) is 0.525. The molecule has 0 fully saturated rings. The van der Waals surface area contributed by atoms with Crippen LogP contribution in [0.2, 0.25) is 10.0 Å². The molecule has 1 unspecified atom stereocenters. The predicted molar refractivity (Wildman–Crippen MR) is 83.7 cm³/mol. The van der Waals surface area contributed by atoms with Gasteiger partial charge in [-0.15, -0.1) is 0 Å². The first-order valence-corrected chi connectivity index (χ1v) is 6.88. The van der Waals surface area contributed by atoms with Crippen molar-refractivity contribution in [2.24, 2.45) is 4.99 Å². The Morgan fingerprint density at radius 3 is 2.19 bits per heavy atom. The zero-order valence-corrected chi connectivity index (χ0v) is 12.4. The van der Waals surface area contributed by atoms with Crippen LogP contribution < -0.4 is 0 Å². The number of aliphatic hydroxyl groups is 1. The van der Waals surface area contributed by atoms with Crippen molar-refractivity contribution in [2.75, 3.05) is 6.54 Å². The van der Waals surface area contributed by atoms with Crippen molar-refractivity contribution in [2.45, 2.75) is 6.10 Å². The summed E-state index contributed by atoms with van der Waals surface area (Å²) in [4.78, 5) is 4.09. The molecular formula is C15H13Cl2NO3. The number of rotatable bonds is 4. The lowest BCUT2D eigenvalue weighted by molar-refractivity contribution is 0.186. The van der Waals surface area contributed by atoms with Gasteiger partial charge in [-0.1, -0.05) is 29.3 Å². The maximum absolute atomic E-state index is 9.98. The molecule has 6 heteroatoms. The first-order chi connectivity index (χ1) is 9.97. The summed E-state index contributed by atoms with van der Waals surface area (Å²) in [6.45, 7) is 0.0461. The van der Waals surface area contributed by atoms with E-state index in [0.29, 0.717) is 21.2 Å². The van der Waals surface area contributed by atoms with E-state index in [0.717, 1.165) is 0 Å². The van der Waals surface area contributed by atoms with E-state index in [1.807, 2.05) is 0 Å². The van der Waals surface area contributed by atoms with Gasteiger partial charge >= 0.3 is 0 Å². The van der Waals surface area contributed by atoms with Gasteiger partial charge in [-0.05, 0) is 29.8 Å². The highest BCUT2D eigenvalue weighted by Crippen LogP contribution is 2.25. The molecule has 4 nitrogen and oxygen atoms in total. The van der Waals surface area contributed by atoms with Crippen LogP contribution in [0.3, 0.4) is 0 Å². The van der Waals surface area contributed by atoms with E-state index in [2.05, 4.69) is 4.99 Å². The van der Waals surface area contributed by atoms with Crippen LogP contribution in [0, 0.1) is 0 Å². The zero-order valence-electron chi connectivity index (χ0n) is 10.9. The Labute approximate surface area is 131 Å². The molecule has 0 aliphatic carbocycles. The second-order valence-electron chi connectivity index (χ2n) is 4.43. The van der Waals surface area contributed by atoms with Crippen LogP contribution in [0.1, 0.15) is 17.2 Å². The van der Waals surface area contributed by atoms with Gasteiger partial charge in [0.15, 0.2) is 0 Å². The maximum atomic E-state index is 9.98. The fourth-order valence-electron chi connectivity index (χ4n) is 1.79. The molecule has 110 valence electrons. The Bertz CT molecular complexity index is 633. The summed E-state index contributed by atoms with van der Waals surface area (Å²) in [5.41, 5.74) is 0.946. The number of halogens is 2. The molecule has 0 spiro atoms. The first kappa shape index (κ1) is 15.6. The predicted octanol–water partition coefficient (Wildman–Crippen LogP) is 3.56. The van der Waals surface area contributed by atoms with Crippen molar-refractivity contribution in [3.8, 4) is 11.5 Å². The molecule has 0 saturated carbocycles. The minimum absolute atomic E-state index is 0.0461. The highest BCUT2D eigenvalue weighted by Gasteiger charge is 2.09. The number of phenols is 2. The van der Waals surface area contributed by atoms with Crippen molar-refractivity contribution in [1.29, 1.82) is 0 Å². The van der Waals surface area contributed by atoms with E-state index in [1.165, 1.54) is 24.4 Å². The SMILES string of the molecule is Oc1cc(O)cc(C(O)CN=Cc2c(Cl)cccc2Cl)c1. The van der Waals surface area contributed by atoms with Crippen molar-refractivity contribution in [3.05, 3.63) is 57.6 Å². The molecule has 0 aliphatic heterocycles. The van der Waals surface area contributed by atoms with Gasteiger partial charge in [-0.25, -0.2) is 0 Å².